The number of carboxylic acid groups (broad SMARTS) is 1. The fraction of sp³-hybridized carbons (Fsp3) is 0.600. The van der Waals surface area contributed by atoms with Crippen LogP contribution in [0.2, 0.25) is 0 Å². The Balaban J connectivity index is 2.28. The molecule has 82 valence electrons. The molecule has 1 aromatic heterocycles. The molecule has 0 unspecified atom stereocenters. The number of carboxylic acids is 1. The number of nitrogens with two attached hydrogens (primary N) is 1. The Kier molecular flexibility index (Phi) is 2.90. The van der Waals surface area contributed by atoms with Gasteiger partial charge >= 0.3 is 5.97 Å². The summed E-state index contributed by atoms with van der Waals surface area (Å²) in [5, 5.41) is 9.37. The van der Waals surface area contributed by atoms with Gasteiger partial charge in [-0.3, -0.25) is 0 Å². The summed E-state index contributed by atoms with van der Waals surface area (Å²) in [5.74, 6) is -0.594. The molecule has 0 aromatic carbocycles. The molecule has 1 heterocycles. The summed E-state index contributed by atoms with van der Waals surface area (Å²) in [7, 11) is 0. The molecule has 5 heteroatoms. The van der Waals surface area contributed by atoms with Crippen LogP contribution in [0.15, 0.2) is 0 Å². The molecule has 0 spiro atoms. The first kappa shape index (κ1) is 10.4. The van der Waals surface area contributed by atoms with Gasteiger partial charge in [-0.25, -0.2) is 9.78 Å². The zero-order valence-corrected chi connectivity index (χ0v) is 9.22. The number of aromatic carboxylic acids is 1. The Morgan fingerprint density at radius 3 is 2.67 bits per heavy atom. The fourth-order valence-corrected chi connectivity index (χ4v) is 3.14. The highest BCUT2D eigenvalue weighted by molar-refractivity contribution is 7.15. The maximum absolute atomic E-state index is 11.0. The zero-order chi connectivity index (χ0) is 10.8. The number of anilines is 1. The highest BCUT2D eigenvalue weighted by atomic mass is 32.1. The molecule has 15 heavy (non-hydrogen) atoms. The van der Waals surface area contributed by atoms with Crippen LogP contribution in [0.4, 0.5) is 5.13 Å². The third kappa shape index (κ3) is 2.12. The number of nitrogen functional groups attached to an aromatic ring is 1. The Bertz CT molecular complexity index is 369. The third-order valence-corrected chi connectivity index (χ3v) is 3.90. The molecular weight excluding hydrogens is 212 g/mol. The molecule has 3 N–H and O–H groups in total. The van der Waals surface area contributed by atoms with E-state index in [1.54, 1.807) is 0 Å². The Morgan fingerprint density at radius 1 is 1.40 bits per heavy atom. The summed E-state index contributed by atoms with van der Waals surface area (Å²) in [6.07, 6.45) is 5.76. The van der Waals surface area contributed by atoms with Gasteiger partial charge in [-0.1, -0.05) is 19.3 Å². The van der Waals surface area contributed by atoms with E-state index < -0.39 is 5.97 Å². The predicted octanol–water partition coefficient (Wildman–Crippen LogP) is 2.47. The van der Waals surface area contributed by atoms with Crippen molar-refractivity contribution in [3.63, 3.8) is 0 Å². The normalized spacial score (nSPS) is 17.9. The zero-order valence-electron chi connectivity index (χ0n) is 8.40. The van der Waals surface area contributed by atoms with Crippen molar-refractivity contribution in [2.24, 2.45) is 0 Å². The van der Waals surface area contributed by atoms with E-state index in [-0.39, 0.29) is 5.69 Å². The Hall–Kier alpha value is -1.10. The van der Waals surface area contributed by atoms with Gasteiger partial charge in [0, 0.05) is 4.88 Å². The first-order chi connectivity index (χ1) is 7.18. The van der Waals surface area contributed by atoms with E-state index in [2.05, 4.69) is 4.98 Å². The maximum atomic E-state index is 11.0. The molecule has 0 atom stereocenters. The van der Waals surface area contributed by atoms with Crippen molar-refractivity contribution in [2.75, 3.05) is 5.73 Å². The molecule has 0 saturated heterocycles. The number of aromatic nitrogens is 1. The van der Waals surface area contributed by atoms with Crippen LogP contribution < -0.4 is 5.73 Å². The average Bonchev–Trinajstić information content (AvgIpc) is 2.62. The van der Waals surface area contributed by atoms with Gasteiger partial charge in [-0.2, -0.15) is 0 Å². The van der Waals surface area contributed by atoms with Crippen molar-refractivity contribution < 1.29 is 9.90 Å². The van der Waals surface area contributed by atoms with Crippen molar-refractivity contribution in [3.05, 3.63) is 10.6 Å². The molecule has 1 aliphatic carbocycles. The largest absolute Gasteiger partial charge is 0.476 e. The van der Waals surface area contributed by atoms with Crippen LogP contribution >= 0.6 is 11.3 Å². The van der Waals surface area contributed by atoms with E-state index in [1.165, 1.54) is 30.6 Å². The number of rotatable bonds is 2. The summed E-state index contributed by atoms with van der Waals surface area (Å²) in [4.78, 5) is 15.7. The topological polar surface area (TPSA) is 76.2 Å². The average molecular weight is 226 g/mol. The van der Waals surface area contributed by atoms with Crippen molar-refractivity contribution in [2.45, 2.75) is 38.0 Å². The van der Waals surface area contributed by atoms with Crippen LogP contribution in [0.3, 0.4) is 0 Å². The maximum Gasteiger partial charge on any atom is 0.355 e. The van der Waals surface area contributed by atoms with Gasteiger partial charge in [0.2, 0.25) is 0 Å². The van der Waals surface area contributed by atoms with Crippen LogP contribution in [0.5, 0.6) is 0 Å². The summed E-state index contributed by atoms with van der Waals surface area (Å²) >= 11 is 1.34. The van der Waals surface area contributed by atoms with E-state index >= 15 is 0 Å². The first-order valence-electron chi connectivity index (χ1n) is 5.18. The van der Waals surface area contributed by atoms with E-state index in [1.807, 2.05) is 0 Å². The second-order valence-corrected chi connectivity index (χ2v) is 4.97. The second-order valence-electron chi connectivity index (χ2n) is 3.91. The summed E-state index contributed by atoms with van der Waals surface area (Å²) in [6.45, 7) is 0. The lowest BCUT2D eigenvalue weighted by Crippen LogP contribution is -2.08. The summed E-state index contributed by atoms with van der Waals surface area (Å²) < 4.78 is 0. The fourth-order valence-electron chi connectivity index (χ4n) is 2.14. The van der Waals surface area contributed by atoms with Crippen LogP contribution in [0.25, 0.3) is 0 Å². The highest BCUT2D eigenvalue weighted by Gasteiger charge is 2.25. The van der Waals surface area contributed by atoms with Crippen LogP contribution in [0, 0.1) is 0 Å². The van der Waals surface area contributed by atoms with E-state index in [0.29, 0.717) is 11.0 Å². The summed E-state index contributed by atoms with van der Waals surface area (Å²) in [5.41, 5.74) is 5.74. The predicted molar refractivity (Wildman–Crippen MR) is 59.3 cm³/mol. The van der Waals surface area contributed by atoms with E-state index in [9.17, 15) is 4.79 Å². The lowest BCUT2D eigenvalue weighted by Gasteiger charge is -2.20. The smallest absolute Gasteiger partial charge is 0.355 e. The lowest BCUT2D eigenvalue weighted by atomic mass is 9.87. The van der Waals surface area contributed by atoms with E-state index in [0.717, 1.165) is 17.7 Å². The minimum Gasteiger partial charge on any atom is -0.476 e. The molecule has 0 bridgehead atoms. The van der Waals surface area contributed by atoms with Crippen molar-refractivity contribution in [1.82, 2.24) is 4.98 Å². The minimum absolute atomic E-state index is 0.171. The second kappa shape index (κ2) is 4.18. The highest BCUT2D eigenvalue weighted by Crippen LogP contribution is 2.38. The van der Waals surface area contributed by atoms with Crippen molar-refractivity contribution >= 4 is 22.4 Å². The number of hydrogen-bond acceptors (Lipinski definition) is 4. The van der Waals surface area contributed by atoms with Gasteiger partial charge in [-0.15, -0.1) is 11.3 Å². The van der Waals surface area contributed by atoms with Gasteiger partial charge in [0.1, 0.15) is 0 Å². The Labute approximate surface area is 92.1 Å². The number of thiazole rings is 1. The monoisotopic (exact) mass is 226 g/mol. The number of hydrogen-bond donors (Lipinski definition) is 2. The van der Waals surface area contributed by atoms with Crippen LogP contribution in [-0.4, -0.2) is 16.1 Å². The first-order valence-corrected chi connectivity index (χ1v) is 5.99. The minimum atomic E-state index is -0.955. The summed E-state index contributed by atoms with van der Waals surface area (Å²) in [6, 6.07) is 0. The molecule has 1 saturated carbocycles. The molecule has 1 aliphatic rings. The van der Waals surface area contributed by atoms with Gasteiger partial charge < -0.3 is 10.8 Å². The number of carbonyl (C=O) groups is 1. The molecular formula is C10H14N2O2S. The quantitative estimate of drug-likeness (QED) is 0.812. The van der Waals surface area contributed by atoms with Crippen LogP contribution in [-0.2, 0) is 0 Å². The molecule has 1 fully saturated rings. The molecule has 0 amide bonds. The van der Waals surface area contributed by atoms with Gasteiger partial charge in [0.05, 0.1) is 0 Å². The standard InChI is InChI=1S/C10H14N2O2S/c11-10-12-7(9(13)14)8(15-10)6-4-2-1-3-5-6/h6H,1-5H2,(H2,11,12)(H,13,14). The van der Waals surface area contributed by atoms with Gasteiger partial charge in [0.25, 0.3) is 0 Å². The molecule has 0 radical (unpaired) electrons. The molecule has 0 aliphatic heterocycles. The van der Waals surface area contributed by atoms with Gasteiger partial charge in [0.15, 0.2) is 10.8 Å². The Morgan fingerprint density at radius 2 is 2.07 bits per heavy atom. The number of nitrogens with zero attached hydrogens (tertiary/aromatic N) is 1. The van der Waals surface area contributed by atoms with Crippen molar-refractivity contribution in [1.29, 1.82) is 0 Å². The van der Waals surface area contributed by atoms with Crippen LogP contribution in [0.1, 0.15) is 53.4 Å². The van der Waals surface area contributed by atoms with Gasteiger partial charge in [-0.05, 0) is 18.8 Å². The van der Waals surface area contributed by atoms with E-state index in [4.69, 9.17) is 10.8 Å². The van der Waals surface area contributed by atoms with Crippen molar-refractivity contribution in [3.8, 4) is 0 Å². The molecule has 4 nitrogen and oxygen atoms in total. The SMILES string of the molecule is Nc1nc(C(=O)O)c(C2CCCCC2)s1. The molecule has 1 aromatic rings. The lowest BCUT2D eigenvalue weighted by molar-refractivity contribution is 0.0689. The molecule has 2 rings (SSSR count). The third-order valence-electron chi connectivity index (χ3n) is 2.85.